The van der Waals surface area contributed by atoms with Gasteiger partial charge < -0.3 is 9.15 Å². The van der Waals surface area contributed by atoms with E-state index in [1.807, 2.05) is 0 Å². The fourth-order valence-corrected chi connectivity index (χ4v) is 2.98. The van der Waals surface area contributed by atoms with Crippen LogP contribution in [-0.4, -0.2) is 12.9 Å². The Kier molecular flexibility index (Phi) is 2.38. The van der Waals surface area contributed by atoms with Gasteiger partial charge in [0.2, 0.25) is 0 Å². The van der Waals surface area contributed by atoms with Crippen LogP contribution < -0.4 is 4.74 Å². The number of thiophene rings is 1. The molecule has 0 saturated heterocycles. The number of carbonyl (C=O) groups is 1. The summed E-state index contributed by atoms with van der Waals surface area (Å²) in [5, 5.41) is 1.44. The lowest BCUT2D eigenvalue weighted by atomic mass is 10.1. The Morgan fingerprint density at radius 3 is 2.78 bits per heavy atom. The third-order valence-electron chi connectivity index (χ3n) is 2.81. The molecule has 0 spiro atoms. The molecule has 5 heteroatoms. The van der Waals surface area contributed by atoms with Gasteiger partial charge in [-0.3, -0.25) is 4.79 Å². The van der Waals surface area contributed by atoms with E-state index in [0.29, 0.717) is 21.6 Å². The van der Waals surface area contributed by atoms with E-state index in [1.165, 1.54) is 31.4 Å². The molecule has 3 aromatic rings. The van der Waals surface area contributed by atoms with Gasteiger partial charge in [0.15, 0.2) is 17.1 Å². The summed E-state index contributed by atoms with van der Waals surface area (Å²) in [5.74, 6) is 0.464. The SMILES string of the molecule is COc1cc2sc(C(C)=O)cc2c2cc(F)oc12. The molecule has 18 heavy (non-hydrogen) atoms. The molecule has 0 aliphatic heterocycles. The molecule has 0 aliphatic rings. The number of Topliss-reactive ketones (excluding diaryl/α,β-unsaturated/α-hetero) is 1. The smallest absolute Gasteiger partial charge is 0.279 e. The number of furan rings is 1. The third kappa shape index (κ3) is 1.51. The van der Waals surface area contributed by atoms with Crippen LogP contribution in [0.3, 0.4) is 0 Å². The van der Waals surface area contributed by atoms with Crippen LogP contribution in [0.1, 0.15) is 16.6 Å². The van der Waals surface area contributed by atoms with Gasteiger partial charge in [-0.2, -0.15) is 4.39 Å². The monoisotopic (exact) mass is 264 g/mol. The van der Waals surface area contributed by atoms with Gasteiger partial charge in [-0.05, 0) is 13.0 Å². The molecule has 2 aromatic heterocycles. The largest absolute Gasteiger partial charge is 0.493 e. The summed E-state index contributed by atoms with van der Waals surface area (Å²) in [6.45, 7) is 1.51. The maximum atomic E-state index is 13.2. The summed E-state index contributed by atoms with van der Waals surface area (Å²) in [7, 11) is 1.50. The summed E-state index contributed by atoms with van der Waals surface area (Å²) < 4.78 is 24.3. The first kappa shape index (κ1) is 11.2. The predicted molar refractivity (Wildman–Crippen MR) is 68.1 cm³/mol. The normalized spacial score (nSPS) is 11.3. The summed E-state index contributed by atoms with van der Waals surface area (Å²) in [5.41, 5.74) is 0.371. The second-order valence-electron chi connectivity index (χ2n) is 3.95. The van der Waals surface area contributed by atoms with E-state index in [4.69, 9.17) is 9.15 Å². The first-order valence-electron chi connectivity index (χ1n) is 5.30. The van der Waals surface area contributed by atoms with E-state index in [-0.39, 0.29) is 5.78 Å². The minimum atomic E-state index is -0.661. The number of ether oxygens (including phenoxy) is 1. The second-order valence-corrected chi connectivity index (χ2v) is 5.03. The molecule has 0 fully saturated rings. The zero-order valence-electron chi connectivity index (χ0n) is 9.74. The van der Waals surface area contributed by atoms with Crippen molar-refractivity contribution in [1.82, 2.24) is 0 Å². The van der Waals surface area contributed by atoms with Crippen LogP contribution in [0.25, 0.3) is 21.1 Å². The number of benzene rings is 1. The van der Waals surface area contributed by atoms with Crippen molar-refractivity contribution in [3.05, 3.63) is 29.1 Å². The molecule has 92 valence electrons. The van der Waals surface area contributed by atoms with Crippen molar-refractivity contribution in [3.8, 4) is 5.75 Å². The molecule has 0 bridgehead atoms. The van der Waals surface area contributed by atoms with E-state index >= 15 is 0 Å². The van der Waals surface area contributed by atoms with Gasteiger partial charge >= 0.3 is 0 Å². The summed E-state index contributed by atoms with van der Waals surface area (Å²) >= 11 is 1.37. The van der Waals surface area contributed by atoms with Gasteiger partial charge in [-0.25, -0.2) is 0 Å². The van der Waals surface area contributed by atoms with Crippen molar-refractivity contribution >= 4 is 38.2 Å². The lowest BCUT2D eigenvalue weighted by Gasteiger charge is -2.00. The molecule has 0 radical (unpaired) electrons. The Morgan fingerprint density at radius 1 is 1.33 bits per heavy atom. The molecule has 0 amide bonds. The number of ketones is 1. The van der Waals surface area contributed by atoms with Crippen LogP contribution in [0.15, 0.2) is 22.6 Å². The standard InChI is InChI=1S/C13H9FO3S/c1-6(15)10-3-7-8-4-12(14)17-13(8)9(16-2)5-11(7)18-10/h3-5H,1-2H3. The minimum absolute atomic E-state index is 0.00714. The average Bonchev–Trinajstić information content (AvgIpc) is 2.89. The van der Waals surface area contributed by atoms with E-state index in [0.717, 1.165) is 10.1 Å². The van der Waals surface area contributed by atoms with Gasteiger partial charge in [-0.1, -0.05) is 0 Å². The molecule has 0 atom stereocenters. The highest BCUT2D eigenvalue weighted by molar-refractivity contribution is 7.21. The van der Waals surface area contributed by atoms with Crippen LogP contribution in [0.5, 0.6) is 5.75 Å². The van der Waals surface area contributed by atoms with Gasteiger partial charge in [0.25, 0.3) is 6.01 Å². The topological polar surface area (TPSA) is 39.4 Å². The molecule has 0 saturated carbocycles. The van der Waals surface area contributed by atoms with Gasteiger partial charge in [0.05, 0.1) is 12.0 Å². The summed E-state index contributed by atoms with van der Waals surface area (Å²) in [4.78, 5) is 12.0. The maximum absolute atomic E-state index is 13.2. The van der Waals surface area contributed by atoms with Gasteiger partial charge in [-0.15, -0.1) is 11.3 Å². The Hall–Kier alpha value is -1.88. The van der Waals surface area contributed by atoms with E-state index in [2.05, 4.69) is 0 Å². The zero-order valence-corrected chi connectivity index (χ0v) is 10.6. The van der Waals surface area contributed by atoms with Crippen LogP contribution in [0.2, 0.25) is 0 Å². The van der Waals surface area contributed by atoms with Crippen molar-refractivity contribution in [2.75, 3.05) is 7.11 Å². The number of hydrogen-bond acceptors (Lipinski definition) is 4. The van der Waals surface area contributed by atoms with Crippen LogP contribution in [0, 0.1) is 6.01 Å². The van der Waals surface area contributed by atoms with Crippen molar-refractivity contribution in [2.45, 2.75) is 6.92 Å². The van der Waals surface area contributed by atoms with E-state index in [9.17, 15) is 9.18 Å². The van der Waals surface area contributed by atoms with Crippen molar-refractivity contribution in [3.63, 3.8) is 0 Å². The number of halogens is 1. The number of methoxy groups -OCH3 is 1. The summed E-state index contributed by atoms with van der Waals surface area (Å²) in [6.07, 6.45) is 0. The molecular weight excluding hydrogens is 255 g/mol. The Labute approximate surface area is 106 Å². The second kappa shape index (κ2) is 3.81. The molecule has 2 heterocycles. The molecule has 0 aliphatic carbocycles. The van der Waals surface area contributed by atoms with Crippen molar-refractivity contribution < 1.29 is 18.3 Å². The van der Waals surface area contributed by atoms with Crippen molar-refractivity contribution in [2.24, 2.45) is 0 Å². The highest BCUT2D eigenvalue weighted by Gasteiger charge is 2.16. The highest BCUT2D eigenvalue weighted by atomic mass is 32.1. The summed E-state index contributed by atoms with van der Waals surface area (Å²) in [6, 6.07) is 4.18. The number of rotatable bonds is 2. The van der Waals surface area contributed by atoms with E-state index < -0.39 is 6.01 Å². The first-order chi connectivity index (χ1) is 8.60. The quantitative estimate of drug-likeness (QED) is 0.657. The van der Waals surface area contributed by atoms with Gasteiger partial charge in [0.1, 0.15) is 0 Å². The minimum Gasteiger partial charge on any atom is -0.493 e. The number of fused-ring (bicyclic) bond motifs is 3. The van der Waals surface area contributed by atoms with Crippen molar-refractivity contribution in [1.29, 1.82) is 0 Å². The van der Waals surface area contributed by atoms with Crippen LogP contribution in [-0.2, 0) is 0 Å². The molecule has 0 unspecified atom stereocenters. The third-order valence-corrected chi connectivity index (χ3v) is 3.99. The number of carbonyl (C=O) groups excluding carboxylic acids is 1. The van der Waals surface area contributed by atoms with E-state index in [1.54, 1.807) is 12.1 Å². The fourth-order valence-electron chi connectivity index (χ4n) is 1.98. The number of hydrogen-bond donors (Lipinski definition) is 0. The fraction of sp³-hybridized carbons (Fsp3) is 0.154. The average molecular weight is 264 g/mol. The maximum Gasteiger partial charge on any atom is 0.279 e. The Bertz CT molecular complexity index is 769. The first-order valence-corrected chi connectivity index (χ1v) is 6.12. The zero-order chi connectivity index (χ0) is 12.9. The lowest BCUT2D eigenvalue weighted by Crippen LogP contribution is -1.83. The predicted octanol–water partition coefficient (Wildman–Crippen LogP) is 4.00. The molecular formula is C13H9FO3S. The van der Waals surface area contributed by atoms with Crippen LogP contribution in [0.4, 0.5) is 4.39 Å². The molecule has 1 aromatic carbocycles. The lowest BCUT2D eigenvalue weighted by molar-refractivity contribution is 0.102. The Morgan fingerprint density at radius 2 is 2.11 bits per heavy atom. The highest BCUT2D eigenvalue weighted by Crippen LogP contribution is 2.39. The molecule has 3 rings (SSSR count). The van der Waals surface area contributed by atoms with Crippen LogP contribution >= 0.6 is 11.3 Å². The molecule has 3 nitrogen and oxygen atoms in total. The Balaban J connectivity index is 2.46. The van der Waals surface area contributed by atoms with Gasteiger partial charge in [0, 0.05) is 27.6 Å². The molecule has 0 N–H and O–H groups in total.